The number of nitrogens with zero attached hydrogens (tertiary/aromatic N) is 2. The SMILES string of the molecule is CC(=Nc1c(C(C)C)cccc1C(C)C)C(CCCO[Si](C)(C)C)=Nc1c(C(C)C)cccc1C(C)C.[Br][Ni][Br]. The Hall–Kier alpha value is -0.590. The number of rotatable bonds is 12. The summed E-state index contributed by atoms with van der Waals surface area (Å²) in [5.41, 5.74) is 9.55. The molecule has 7 heteroatoms. The van der Waals surface area contributed by atoms with Crippen molar-refractivity contribution < 1.29 is 15.3 Å². The molecule has 0 aliphatic rings. The average Bonchev–Trinajstić information content (AvgIpc) is 2.85. The molecule has 0 aliphatic heterocycles. The van der Waals surface area contributed by atoms with E-state index in [0.29, 0.717) is 23.7 Å². The molecule has 0 saturated heterocycles. The van der Waals surface area contributed by atoms with Crippen molar-refractivity contribution in [1.29, 1.82) is 0 Å². The number of hydrogen-bond donors (Lipinski definition) is 0. The molecule has 0 heterocycles. The van der Waals surface area contributed by atoms with Crippen molar-refractivity contribution in [2.75, 3.05) is 6.61 Å². The maximum atomic E-state index is 6.20. The maximum absolute atomic E-state index is 6.20. The Morgan fingerprint density at radius 2 is 1.07 bits per heavy atom. The van der Waals surface area contributed by atoms with Crippen LogP contribution in [-0.4, -0.2) is 26.3 Å². The van der Waals surface area contributed by atoms with E-state index in [9.17, 15) is 0 Å². The third-order valence-corrected chi connectivity index (χ3v) is 7.79. The molecule has 2 aromatic rings. The number of benzene rings is 2. The van der Waals surface area contributed by atoms with E-state index in [4.69, 9.17) is 14.4 Å². The van der Waals surface area contributed by atoms with Crippen LogP contribution in [0.2, 0.25) is 19.6 Å². The van der Waals surface area contributed by atoms with Crippen molar-refractivity contribution in [1.82, 2.24) is 0 Å². The molecule has 0 radical (unpaired) electrons. The van der Waals surface area contributed by atoms with Gasteiger partial charge in [0.25, 0.3) is 0 Å². The summed E-state index contributed by atoms with van der Waals surface area (Å²) in [6.07, 6.45) is 1.80. The first-order valence-electron chi connectivity index (χ1n) is 14.5. The van der Waals surface area contributed by atoms with Gasteiger partial charge in [0.15, 0.2) is 8.32 Å². The minimum absolute atomic E-state index is 0.403. The Balaban J connectivity index is 0.00000254. The van der Waals surface area contributed by atoms with Crippen molar-refractivity contribution in [3.8, 4) is 0 Å². The predicted octanol–water partition coefficient (Wildman–Crippen LogP) is 12.4. The quantitative estimate of drug-likeness (QED) is 0.121. The van der Waals surface area contributed by atoms with Gasteiger partial charge < -0.3 is 4.43 Å². The van der Waals surface area contributed by atoms with Crippen LogP contribution in [0.25, 0.3) is 0 Å². The second-order valence-electron chi connectivity index (χ2n) is 12.6. The third kappa shape index (κ3) is 12.3. The summed E-state index contributed by atoms with van der Waals surface area (Å²) in [6, 6.07) is 13.3. The van der Waals surface area contributed by atoms with Gasteiger partial charge in [0, 0.05) is 6.61 Å². The first-order chi connectivity index (χ1) is 18.6. The zero-order valence-corrected chi connectivity index (χ0v) is 31.9. The van der Waals surface area contributed by atoms with Crippen LogP contribution in [0.1, 0.15) is 121 Å². The molecule has 0 spiro atoms. The summed E-state index contributed by atoms with van der Waals surface area (Å²) >= 11 is 6.00. The zero-order chi connectivity index (χ0) is 30.6. The summed E-state index contributed by atoms with van der Waals surface area (Å²) in [5.74, 6) is 1.62. The van der Waals surface area contributed by atoms with Gasteiger partial charge in [0.1, 0.15) is 0 Å². The van der Waals surface area contributed by atoms with Crippen molar-refractivity contribution in [2.45, 2.75) is 118 Å². The predicted molar refractivity (Wildman–Crippen MR) is 185 cm³/mol. The van der Waals surface area contributed by atoms with E-state index in [1.165, 1.54) is 33.2 Å². The minimum atomic E-state index is -1.55. The van der Waals surface area contributed by atoms with E-state index in [0.717, 1.165) is 42.2 Å². The van der Waals surface area contributed by atoms with Gasteiger partial charge in [-0.2, -0.15) is 0 Å². The second-order valence-corrected chi connectivity index (χ2v) is 22.1. The summed E-state index contributed by atoms with van der Waals surface area (Å²) in [7, 11) is -0.299. The van der Waals surface area contributed by atoms with Gasteiger partial charge in [-0.3, -0.25) is 9.98 Å². The van der Waals surface area contributed by atoms with Gasteiger partial charge in [0.2, 0.25) is 0 Å². The van der Waals surface area contributed by atoms with Crippen molar-refractivity contribution in [3.05, 3.63) is 58.7 Å². The third-order valence-electron chi connectivity index (χ3n) is 6.72. The number of para-hydroxylation sites is 2. The van der Waals surface area contributed by atoms with Crippen molar-refractivity contribution in [3.63, 3.8) is 0 Å². The van der Waals surface area contributed by atoms with Gasteiger partial charge in [-0.15, -0.1) is 0 Å². The molecule has 0 aromatic heterocycles. The number of hydrogen-bond acceptors (Lipinski definition) is 3. The second kappa shape index (κ2) is 18.2. The van der Waals surface area contributed by atoms with Crippen LogP contribution in [-0.2, 0) is 15.3 Å². The molecular weight excluding hydrogens is 687 g/mol. The molecule has 40 heavy (non-hydrogen) atoms. The van der Waals surface area contributed by atoms with Gasteiger partial charge in [-0.25, -0.2) is 0 Å². The summed E-state index contributed by atoms with van der Waals surface area (Å²) in [5, 5.41) is 0. The molecule has 2 rings (SSSR count). The molecule has 0 amide bonds. The molecule has 0 N–H and O–H groups in total. The fourth-order valence-corrected chi connectivity index (χ4v) is 5.34. The Labute approximate surface area is 267 Å². The fraction of sp³-hybridized carbons (Fsp3) is 0.576. The average molecular weight is 739 g/mol. The fourth-order valence-electron chi connectivity index (χ4n) is 4.58. The normalized spacial score (nSPS) is 13.1. The topological polar surface area (TPSA) is 34.0 Å². The van der Waals surface area contributed by atoms with Crippen LogP contribution >= 0.6 is 28.5 Å². The Kier molecular flexibility index (Phi) is 17.0. The van der Waals surface area contributed by atoms with E-state index < -0.39 is 8.32 Å². The molecule has 0 atom stereocenters. The number of halogens is 2. The van der Waals surface area contributed by atoms with E-state index in [1.807, 2.05) is 0 Å². The van der Waals surface area contributed by atoms with E-state index in [2.05, 4.69) is 147 Å². The van der Waals surface area contributed by atoms with Crippen LogP contribution in [0.5, 0.6) is 0 Å². The Bertz CT molecular complexity index is 1070. The first-order valence-corrected chi connectivity index (χ1v) is 22.8. The molecule has 3 nitrogen and oxygen atoms in total. The zero-order valence-electron chi connectivity index (χ0n) is 26.8. The van der Waals surface area contributed by atoms with Gasteiger partial charge >= 0.3 is 39.3 Å². The van der Waals surface area contributed by atoms with Gasteiger partial charge in [-0.1, -0.05) is 91.8 Å². The van der Waals surface area contributed by atoms with Crippen molar-refractivity contribution in [2.24, 2.45) is 9.98 Å². The summed E-state index contributed by atoms with van der Waals surface area (Å²) in [4.78, 5) is 10.7. The standard InChI is InChI=1S/C33H52N2OSi.2BrH.Ni/c1-22(2)27-16-13-17-28(23(3)4)32(27)34-26(9)31(20-15-21-36-37(10,11)12)35-33-29(24(5)6)18-14-19-30(33)25(7)8;;;/h13-14,16-19,22-25H,15,20-21H2,1-12H3;2*1H;/q;;;+2/p-2. The van der Waals surface area contributed by atoms with E-state index in [-0.39, 0.29) is 0 Å². The molecular formula is C33H52Br2N2NiOSi. The molecule has 0 saturated carbocycles. The van der Waals surface area contributed by atoms with Crippen LogP contribution < -0.4 is 0 Å². The number of aliphatic imine (C=N–C) groups is 2. The van der Waals surface area contributed by atoms with Crippen LogP contribution in [0.3, 0.4) is 0 Å². The van der Waals surface area contributed by atoms with Gasteiger partial charge in [0.05, 0.1) is 22.8 Å². The van der Waals surface area contributed by atoms with Crippen LogP contribution in [0.15, 0.2) is 46.4 Å². The van der Waals surface area contributed by atoms with E-state index >= 15 is 0 Å². The Morgan fingerprint density at radius 1 is 0.725 bits per heavy atom. The first kappa shape index (κ1) is 37.4. The monoisotopic (exact) mass is 736 g/mol. The summed E-state index contributed by atoms with van der Waals surface area (Å²) in [6.45, 7) is 27.7. The summed E-state index contributed by atoms with van der Waals surface area (Å²) < 4.78 is 6.20. The van der Waals surface area contributed by atoms with Gasteiger partial charge in [-0.05, 0) is 85.3 Å². The van der Waals surface area contributed by atoms with Crippen LogP contribution in [0.4, 0.5) is 11.4 Å². The van der Waals surface area contributed by atoms with Crippen LogP contribution in [0, 0.1) is 0 Å². The molecule has 0 fully saturated rings. The molecule has 228 valence electrons. The van der Waals surface area contributed by atoms with E-state index in [1.54, 1.807) is 0 Å². The molecule has 2 aromatic carbocycles. The molecule has 0 aliphatic carbocycles. The molecule has 0 bridgehead atoms. The van der Waals surface area contributed by atoms with Crippen molar-refractivity contribution >= 4 is 59.6 Å². The Morgan fingerprint density at radius 3 is 1.40 bits per heavy atom. The molecule has 0 unspecified atom stereocenters.